The van der Waals surface area contributed by atoms with Crippen LogP contribution in [0.2, 0.25) is 0 Å². The zero-order chi connectivity index (χ0) is 10.4. The minimum Gasteiger partial charge on any atom is -0.399 e. The van der Waals surface area contributed by atoms with Gasteiger partial charge in [-0.2, -0.15) is 0 Å². The van der Waals surface area contributed by atoms with Gasteiger partial charge in [-0.3, -0.25) is 4.79 Å². The number of carbonyl (C=O) groups is 1. The van der Waals surface area contributed by atoms with Gasteiger partial charge in [-0.05, 0) is 18.2 Å². The zero-order valence-corrected chi connectivity index (χ0v) is 8.12. The molecular formula is C10H14N2O2. The fourth-order valence-corrected chi connectivity index (χ4v) is 1.05. The fourth-order valence-electron chi connectivity index (χ4n) is 1.05. The molecule has 0 aliphatic heterocycles. The average molecular weight is 194 g/mol. The SMILES string of the molecule is COCCNC(=O)c1cccc(N)c1. The quantitative estimate of drug-likeness (QED) is 0.546. The maximum absolute atomic E-state index is 11.4. The molecule has 4 heteroatoms. The van der Waals surface area contributed by atoms with E-state index < -0.39 is 0 Å². The summed E-state index contributed by atoms with van der Waals surface area (Å²) in [5, 5.41) is 2.71. The van der Waals surface area contributed by atoms with E-state index in [0.29, 0.717) is 24.4 Å². The smallest absolute Gasteiger partial charge is 0.251 e. The molecule has 1 amide bonds. The number of benzene rings is 1. The maximum Gasteiger partial charge on any atom is 0.251 e. The van der Waals surface area contributed by atoms with E-state index in [2.05, 4.69) is 5.32 Å². The van der Waals surface area contributed by atoms with Crippen molar-refractivity contribution in [3.8, 4) is 0 Å². The Morgan fingerprint density at radius 3 is 3.00 bits per heavy atom. The number of hydrogen-bond acceptors (Lipinski definition) is 3. The van der Waals surface area contributed by atoms with Crippen molar-refractivity contribution in [2.24, 2.45) is 0 Å². The molecule has 0 atom stereocenters. The minimum atomic E-state index is -0.130. The van der Waals surface area contributed by atoms with Crippen molar-refractivity contribution in [2.75, 3.05) is 26.0 Å². The third kappa shape index (κ3) is 3.06. The number of ether oxygens (including phenoxy) is 1. The number of amides is 1. The minimum absolute atomic E-state index is 0.130. The van der Waals surface area contributed by atoms with Gasteiger partial charge in [-0.15, -0.1) is 0 Å². The molecule has 3 N–H and O–H groups in total. The molecule has 0 aromatic heterocycles. The van der Waals surface area contributed by atoms with E-state index in [4.69, 9.17) is 10.5 Å². The lowest BCUT2D eigenvalue weighted by molar-refractivity contribution is 0.0937. The third-order valence-electron chi connectivity index (χ3n) is 1.74. The van der Waals surface area contributed by atoms with Crippen molar-refractivity contribution >= 4 is 11.6 Å². The van der Waals surface area contributed by atoms with Gasteiger partial charge >= 0.3 is 0 Å². The van der Waals surface area contributed by atoms with Gasteiger partial charge in [0, 0.05) is 24.9 Å². The van der Waals surface area contributed by atoms with Crippen molar-refractivity contribution in [3.63, 3.8) is 0 Å². The highest BCUT2D eigenvalue weighted by molar-refractivity contribution is 5.94. The van der Waals surface area contributed by atoms with Gasteiger partial charge in [0.05, 0.1) is 6.61 Å². The fraction of sp³-hybridized carbons (Fsp3) is 0.300. The van der Waals surface area contributed by atoms with Crippen LogP contribution in [0.4, 0.5) is 5.69 Å². The van der Waals surface area contributed by atoms with E-state index in [-0.39, 0.29) is 5.91 Å². The van der Waals surface area contributed by atoms with Crippen LogP contribution in [0.5, 0.6) is 0 Å². The highest BCUT2D eigenvalue weighted by atomic mass is 16.5. The Kier molecular flexibility index (Phi) is 3.94. The van der Waals surface area contributed by atoms with Crippen molar-refractivity contribution in [1.29, 1.82) is 0 Å². The Morgan fingerprint density at radius 2 is 2.36 bits per heavy atom. The van der Waals surface area contributed by atoms with Gasteiger partial charge in [0.15, 0.2) is 0 Å². The lowest BCUT2D eigenvalue weighted by Gasteiger charge is -2.04. The van der Waals surface area contributed by atoms with Gasteiger partial charge in [0.1, 0.15) is 0 Å². The van der Waals surface area contributed by atoms with E-state index in [1.807, 2.05) is 0 Å². The second kappa shape index (κ2) is 5.24. The molecule has 76 valence electrons. The first-order valence-corrected chi connectivity index (χ1v) is 4.36. The largest absolute Gasteiger partial charge is 0.399 e. The highest BCUT2D eigenvalue weighted by Crippen LogP contribution is 2.05. The van der Waals surface area contributed by atoms with Crippen molar-refractivity contribution < 1.29 is 9.53 Å². The zero-order valence-electron chi connectivity index (χ0n) is 8.12. The number of rotatable bonds is 4. The Bertz CT molecular complexity index is 313. The molecule has 0 aliphatic carbocycles. The predicted octanol–water partition coefficient (Wildman–Crippen LogP) is 0.645. The van der Waals surface area contributed by atoms with Gasteiger partial charge in [-0.1, -0.05) is 6.07 Å². The summed E-state index contributed by atoms with van der Waals surface area (Å²) >= 11 is 0. The van der Waals surface area contributed by atoms with Gasteiger partial charge in [-0.25, -0.2) is 0 Å². The molecular weight excluding hydrogens is 180 g/mol. The summed E-state index contributed by atoms with van der Waals surface area (Å²) < 4.78 is 4.81. The molecule has 4 nitrogen and oxygen atoms in total. The van der Waals surface area contributed by atoms with Gasteiger partial charge in [0.25, 0.3) is 5.91 Å². The second-order valence-electron chi connectivity index (χ2n) is 2.87. The van der Waals surface area contributed by atoms with Crippen LogP contribution in [-0.4, -0.2) is 26.2 Å². The Balaban J connectivity index is 2.52. The van der Waals surface area contributed by atoms with Crippen LogP contribution in [-0.2, 0) is 4.74 Å². The molecule has 0 saturated heterocycles. The number of nitrogen functional groups attached to an aromatic ring is 1. The molecule has 0 radical (unpaired) electrons. The van der Waals surface area contributed by atoms with E-state index in [1.165, 1.54) is 0 Å². The van der Waals surface area contributed by atoms with Crippen molar-refractivity contribution in [2.45, 2.75) is 0 Å². The number of carbonyl (C=O) groups excluding carboxylic acids is 1. The number of anilines is 1. The summed E-state index contributed by atoms with van der Waals surface area (Å²) in [6.45, 7) is 1.01. The van der Waals surface area contributed by atoms with Crippen molar-refractivity contribution in [1.82, 2.24) is 5.32 Å². The molecule has 0 unspecified atom stereocenters. The normalized spacial score (nSPS) is 9.79. The Hall–Kier alpha value is -1.55. The van der Waals surface area contributed by atoms with Crippen LogP contribution in [0, 0.1) is 0 Å². The van der Waals surface area contributed by atoms with Crippen LogP contribution in [0.3, 0.4) is 0 Å². The molecule has 0 heterocycles. The number of nitrogens with two attached hydrogens (primary N) is 1. The number of hydrogen-bond donors (Lipinski definition) is 2. The monoisotopic (exact) mass is 194 g/mol. The molecule has 14 heavy (non-hydrogen) atoms. The summed E-state index contributed by atoms with van der Waals surface area (Å²) in [5.41, 5.74) is 6.70. The molecule has 0 saturated carbocycles. The number of nitrogens with one attached hydrogen (secondary N) is 1. The van der Waals surface area contributed by atoms with E-state index >= 15 is 0 Å². The standard InChI is InChI=1S/C10H14N2O2/c1-14-6-5-12-10(13)8-3-2-4-9(11)7-8/h2-4,7H,5-6,11H2,1H3,(H,12,13). The van der Waals surface area contributed by atoms with Crippen LogP contribution in [0.15, 0.2) is 24.3 Å². The predicted molar refractivity (Wildman–Crippen MR) is 55.1 cm³/mol. The molecule has 0 aliphatic rings. The van der Waals surface area contributed by atoms with E-state index in [0.717, 1.165) is 0 Å². The van der Waals surface area contributed by atoms with E-state index in [9.17, 15) is 4.79 Å². The van der Waals surface area contributed by atoms with Crippen LogP contribution in [0.25, 0.3) is 0 Å². The van der Waals surface area contributed by atoms with Crippen LogP contribution >= 0.6 is 0 Å². The lowest BCUT2D eigenvalue weighted by atomic mass is 10.2. The summed E-state index contributed by atoms with van der Waals surface area (Å²) in [6.07, 6.45) is 0. The highest BCUT2D eigenvalue weighted by Gasteiger charge is 2.03. The van der Waals surface area contributed by atoms with Gasteiger partial charge < -0.3 is 15.8 Å². The summed E-state index contributed by atoms with van der Waals surface area (Å²) in [7, 11) is 1.59. The summed E-state index contributed by atoms with van der Waals surface area (Å²) in [5.74, 6) is -0.130. The average Bonchev–Trinajstić information content (AvgIpc) is 2.18. The third-order valence-corrected chi connectivity index (χ3v) is 1.74. The molecule has 1 aromatic carbocycles. The maximum atomic E-state index is 11.4. The molecule has 1 aromatic rings. The first-order valence-electron chi connectivity index (χ1n) is 4.36. The molecule has 1 rings (SSSR count). The Labute approximate surface area is 83.1 Å². The van der Waals surface area contributed by atoms with E-state index in [1.54, 1.807) is 31.4 Å². The van der Waals surface area contributed by atoms with Crippen molar-refractivity contribution in [3.05, 3.63) is 29.8 Å². The topological polar surface area (TPSA) is 64.3 Å². The summed E-state index contributed by atoms with van der Waals surface area (Å²) in [6, 6.07) is 6.85. The second-order valence-corrected chi connectivity index (χ2v) is 2.87. The summed E-state index contributed by atoms with van der Waals surface area (Å²) in [4.78, 5) is 11.4. The Morgan fingerprint density at radius 1 is 1.57 bits per heavy atom. The first-order chi connectivity index (χ1) is 6.74. The van der Waals surface area contributed by atoms with Crippen LogP contribution < -0.4 is 11.1 Å². The number of methoxy groups -OCH3 is 1. The lowest BCUT2D eigenvalue weighted by Crippen LogP contribution is -2.26. The molecule has 0 fully saturated rings. The molecule has 0 bridgehead atoms. The first kappa shape index (κ1) is 10.5. The molecule has 0 spiro atoms. The van der Waals surface area contributed by atoms with Gasteiger partial charge in [0.2, 0.25) is 0 Å². The van der Waals surface area contributed by atoms with Crippen LogP contribution in [0.1, 0.15) is 10.4 Å².